The molecule has 0 saturated heterocycles. The smallest absolute Gasteiger partial charge is 0.0914 e. The molecule has 0 radical (unpaired) electrons. The molecule has 0 fully saturated rings. The number of ether oxygens (including phenoxy) is 1. The van der Waals surface area contributed by atoms with Crippen LogP contribution in [0.2, 0.25) is 0 Å². The zero-order valence-electron chi connectivity index (χ0n) is 7.38. The van der Waals surface area contributed by atoms with Crippen molar-refractivity contribution in [1.82, 2.24) is 0 Å². The zero-order valence-corrected chi connectivity index (χ0v) is 8.19. The fraction of sp³-hybridized carbons (Fsp3) is 0.400. The molecule has 1 rings (SSSR count). The van der Waals surface area contributed by atoms with Gasteiger partial charge in [-0.1, -0.05) is 18.2 Å². The van der Waals surface area contributed by atoms with Gasteiger partial charge in [-0.15, -0.1) is 11.8 Å². The normalized spacial score (nSPS) is 15.6. The average molecular weight is 182 g/mol. The van der Waals surface area contributed by atoms with Crippen molar-refractivity contribution >= 4 is 11.8 Å². The van der Waals surface area contributed by atoms with Crippen molar-refractivity contribution in [1.29, 1.82) is 0 Å². The molecule has 0 aromatic heterocycles. The molecule has 0 saturated carbocycles. The molecule has 0 aromatic rings. The highest BCUT2D eigenvalue weighted by atomic mass is 32.2. The minimum absolute atomic E-state index is 0.759. The molecule has 1 nitrogen and oxygen atoms in total. The summed E-state index contributed by atoms with van der Waals surface area (Å²) in [5, 5.41) is 4.31. The molecule has 12 heavy (non-hydrogen) atoms. The number of thioether (sulfide) groups is 1. The molecule has 0 bridgehead atoms. The molecule has 0 spiro atoms. The van der Waals surface area contributed by atoms with Crippen molar-refractivity contribution in [2.75, 3.05) is 6.61 Å². The molecule has 0 unspecified atom stereocenters. The summed E-state index contributed by atoms with van der Waals surface area (Å²) in [5.41, 5.74) is 1.45. The maximum Gasteiger partial charge on any atom is 0.0914 e. The third-order valence-corrected chi connectivity index (χ3v) is 2.38. The number of hydrogen-bond acceptors (Lipinski definition) is 2. The summed E-state index contributed by atoms with van der Waals surface area (Å²) in [7, 11) is 0. The van der Waals surface area contributed by atoms with E-state index < -0.39 is 0 Å². The predicted octanol–water partition coefficient (Wildman–Crippen LogP) is 3.46. The van der Waals surface area contributed by atoms with Gasteiger partial charge in [-0.25, -0.2) is 0 Å². The molecule has 1 heterocycles. The van der Waals surface area contributed by atoms with Gasteiger partial charge < -0.3 is 4.74 Å². The third kappa shape index (κ3) is 3.67. The summed E-state index contributed by atoms with van der Waals surface area (Å²) in [6.45, 7) is 6.32. The van der Waals surface area contributed by atoms with Gasteiger partial charge in [0.2, 0.25) is 0 Å². The van der Waals surface area contributed by atoms with Crippen LogP contribution < -0.4 is 0 Å². The first kappa shape index (κ1) is 9.46. The molecule has 0 aliphatic carbocycles. The molecule has 0 aromatic carbocycles. The van der Waals surface area contributed by atoms with Crippen LogP contribution in [0.15, 0.2) is 34.8 Å². The number of rotatable bonds is 4. The second kappa shape index (κ2) is 5.09. The Labute approximate surface area is 78.2 Å². The summed E-state index contributed by atoms with van der Waals surface area (Å²) >= 11 is 1.74. The Morgan fingerprint density at radius 1 is 1.75 bits per heavy atom. The molecule has 2 heteroatoms. The maximum atomic E-state index is 5.28. The average Bonchev–Trinajstić information content (AvgIpc) is 2.05. The van der Waals surface area contributed by atoms with Gasteiger partial charge in [-0.3, -0.25) is 0 Å². The lowest BCUT2D eigenvalue weighted by molar-refractivity contribution is 0.219. The fourth-order valence-corrected chi connectivity index (χ4v) is 1.65. The minimum Gasteiger partial charge on any atom is -0.499 e. The van der Waals surface area contributed by atoms with Crippen molar-refractivity contribution in [2.24, 2.45) is 0 Å². The van der Waals surface area contributed by atoms with Gasteiger partial charge in [0.1, 0.15) is 0 Å². The lowest BCUT2D eigenvalue weighted by Crippen LogP contribution is -1.94. The van der Waals surface area contributed by atoms with Crippen LogP contribution in [-0.2, 0) is 4.74 Å². The van der Waals surface area contributed by atoms with Crippen LogP contribution >= 0.6 is 11.8 Å². The second-order valence-corrected chi connectivity index (χ2v) is 3.57. The van der Waals surface area contributed by atoms with Crippen molar-refractivity contribution in [3.05, 3.63) is 34.8 Å². The Hall–Kier alpha value is -0.630. The van der Waals surface area contributed by atoms with E-state index in [0.717, 1.165) is 25.2 Å². The van der Waals surface area contributed by atoms with Crippen LogP contribution in [0.3, 0.4) is 0 Å². The largest absolute Gasteiger partial charge is 0.499 e. The predicted molar refractivity (Wildman–Crippen MR) is 54.8 cm³/mol. The lowest BCUT2D eigenvalue weighted by atomic mass is 10.1. The first-order valence-electron chi connectivity index (χ1n) is 4.06. The minimum atomic E-state index is 0.759. The second-order valence-electron chi connectivity index (χ2n) is 2.79. The summed E-state index contributed by atoms with van der Waals surface area (Å²) in [5.74, 6) is 0.801. The van der Waals surface area contributed by atoms with Crippen molar-refractivity contribution < 1.29 is 4.74 Å². The Morgan fingerprint density at radius 3 is 3.17 bits per heavy atom. The maximum absolute atomic E-state index is 5.28. The molecule has 0 amide bonds. The lowest BCUT2D eigenvalue weighted by Gasteiger charge is -2.08. The van der Waals surface area contributed by atoms with Gasteiger partial charge >= 0.3 is 0 Å². The monoisotopic (exact) mass is 182 g/mol. The molecule has 66 valence electrons. The Bertz CT molecular complexity index is 216. The van der Waals surface area contributed by atoms with Crippen molar-refractivity contribution in [3.63, 3.8) is 0 Å². The first-order chi connectivity index (χ1) is 5.79. The third-order valence-electron chi connectivity index (χ3n) is 1.56. The van der Waals surface area contributed by atoms with E-state index in [-0.39, 0.29) is 0 Å². The summed E-state index contributed by atoms with van der Waals surface area (Å²) in [4.78, 5) is 0. The summed E-state index contributed by atoms with van der Waals surface area (Å²) in [6.07, 6.45) is 4.28. The van der Waals surface area contributed by atoms with E-state index in [0.29, 0.717) is 0 Å². The summed E-state index contributed by atoms with van der Waals surface area (Å²) < 4.78 is 5.28. The van der Waals surface area contributed by atoms with Crippen molar-refractivity contribution in [2.45, 2.75) is 19.8 Å². The number of hydrogen-bond donors (Lipinski definition) is 0. The quantitative estimate of drug-likeness (QED) is 0.616. The van der Waals surface area contributed by atoms with Gasteiger partial charge in [0, 0.05) is 6.42 Å². The van der Waals surface area contributed by atoms with E-state index in [9.17, 15) is 0 Å². The van der Waals surface area contributed by atoms with Gasteiger partial charge in [0.15, 0.2) is 0 Å². The molecule has 0 N–H and O–H groups in total. The molecule has 1 aliphatic rings. The Kier molecular flexibility index (Phi) is 4.01. The van der Waals surface area contributed by atoms with E-state index in [1.807, 2.05) is 6.92 Å². The van der Waals surface area contributed by atoms with Crippen molar-refractivity contribution in [3.8, 4) is 0 Å². The highest BCUT2D eigenvalue weighted by Gasteiger charge is 1.98. The van der Waals surface area contributed by atoms with Gasteiger partial charge in [0.05, 0.1) is 12.4 Å². The number of allylic oxidation sites excluding steroid dienone is 2. The molecule has 1 aliphatic heterocycles. The first-order valence-corrected chi connectivity index (χ1v) is 5.00. The van der Waals surface area contributed by atoms with Gasteiger partial charge in [-0.2, -0.15) is 0 Å². The zero-order chi connectivity index (χ0) is 8.81. The fourth-order valence-electron chi connectivity index (χ4n) is 0.956. The summed E-state index contributed by atoms with van der Waals surface area (Å²) in [6, 6.07) is 0. The molecular weight excluding hydrogens is 168 g/mol. The van der Waals surface area contributed by atoms with E-state index in [2.05, 4.69) is 23.5 Å². The standard InChI is InChI=1S/C10H14OS/c1-9(2)11-6-5-10-4-3-7-12-8-10/h3,7-8H,1,4-6H2,2H3. The van der Waals surface area contributed by atoms with Crippen LogP contribution in [0.4, 0.5) is 0 Å². The topological polar surface area (TPSA) is 9.23 Å². The van der Waals surface area contributed by atoms with E-state index in [4.69, 9.17) is 4.74 Å². The van der Waals surface area contributed by atoms with E-state index >= 15 is 0 Å². The Balaban J connectivity index is 2.14. The van der Waals surface area contributed by atoms with Gasteiger partial charge in [-0.05, 0) is 24.2 Å². The van der Waals surface area contributed by atoms with Crippen LogP contribution in [0.5, 0.6) is 0 Å². The van der Waals surface area contributed by atoms with Crippen LogP contribution in [0.1, 0.15) is 19.8 Å². The molecular formula is C10H14OS. The van der Waals surface area contributed by atoms with E-state index in [1.165, 1.54) is 5.57 Å². The highest BCUT2D eigenvalue weighted by Crippen LogP contribution is 2.21. The van der Waals surface area contributed by atoms with E-state index in [1.54, 1.807) is 11.8 Å². The van der Waals surface area contributed by atoms with Crippen LogP contribution in [-0.4, -0.2) is 6.61 Å². The van der Waals surface area contributed by atoms with Crippen LogP contribution in [0.25, 0.3) is 0 Å². The van der Waals surface area contributed by atoms with Gasteiger partial charge in [0.25, 0.3) is 0 Å². The SMILES string of the molecule is C=C(C)OCCC1=CSC=CC1. The highest BCUT2D eigenvalue weighted by molar-refractivity contribution is 8.04. The van der Waals surface area contributed by atoms with Crippen LogP contribution in [0, 0.1) is 0 Å². The molecule has 0 atom stereocenters. The Morgan fingerprint density at radius 2 is 2.58 bits per heavy atom.